The minimum atomic E-state index is -0.269. The number of aromatic nitrogens is 2. The Morgan fingerprint density at radius 2 is 2.06 bits per heavy atom. The minimum Gasteiger partial charge on any atom is -0.376 e. The third kappa shape index (κ3) is 5.61. The molecular weight excluding hydrogens is 440 g/mol. The van der Waals surface area contributed by atoms with E-state index in [2.05, 4.69) is 10.4 Å². The number of carbonyl (C=O) groups is 2. The summed E-state index contributed by atoms with van der Waals surface area (Å²) in [5.41, 5.74) is 3.99. The van der Waals surface area contributed by atoms with Gasteiger partial charge in [0.15, 0.2) is 0 Å². The van der Waals surface area contributed by atoms with Gasteiger partial charge in [-0.25, -0.2) is 4.68 Å². The molecule has 0 spiro atoms. The number of nitrogens with zero attached hydrogens (tertiary/aromatic N) is 3. The summed E-state index contributed by atoms with van der Waals surface area (Å²) in [7, 11) is 0. The van der Waals surface area contributed by atoms with Gasteiger partial charge in [-0.3, -0.25) is 9.59 Å². The summed E-state index contributed by atoms with van der Waals surface area (Å²) in [4.78, 5) is 27.8. The molecule has 0 saturated carbocycles. The van der Waals surface area contributed by atoms with Crippen molar-refractivity contribution >= 4 is 29.1 Å². The summed E-state index contributed by atoms with van der Waals surface area (Å²) >= 11 is 6.08. The van der Waals surface area contributed by atoms with Gasteiger partial charge in [0.05, 0.1) is 23.6 Å². The highest BCUT2D eigenvalue weighted by molar-refractivity contribution is 6.30. The van der Waals surface area contributed by atoms with E-state index < -0.39 is 0 Å². The fourth-order valence-corrected chi connectivity index (χ4v) is 4.06. The van der Waals surface area contributed by atoms with Gasteiger partial charge >= 0.3 is 0 Å². The summed E-state index contributed by atoms with van der Waals surface area (Å²) in [6.07, 6.45) is 4.90. The van der Waals surface area contributed by atoms with Gasteiger partial charge in [-0.15, -0.1) is 0 Å². The van der Waals surface area contributed by atoms with Crippen LogP contribution in [0.25, 0.3) is 5.69 Å². The van der Waals surface area contributed by atoms with Crippen LogP contribution < -0.4 is 5.32 Å². The van der Waals surface area contributed by atoms with E-state index in [-0.39, 0.29) is 24.5 Å². The van der Waals surface area contributed by atoms with Gasteiger partial charge in [0.25, 0.3) is 5.91 Å². The summed E-state index contributed by atoms with van der Waals surface area (Å²) in [6, 6.07) is 13.0. The smallest absolute Gasteiger partial charge is 0.257 e. The number of carbonyl (C=O) groups excluding carboxylic acids is 2. The lowest BCUT2D eigenvalue weighted by molar-refractivity contribution is -0.117. The molecule has 1 atom stereocenters. The van der Waals surface area contributed by atoms with Crippen molar-refractivity contribution in [3.8, 4) is 5.69 Å². The first-order valence-corrected chi connectivity index (χ1v) is 11.4. The molecule has 8 heteroatoms. The molecule has 0 radical (unpaired) electrons. The third-order valence-corrected chi connectivity index (χ3v) is 6.09. The molecular formula is C25H27ClN4O3. The molecule has 1 saturated heterocycles. The maximum Gasteiger partial charge on any atom is 0.257 e. The maximum absolute atomic E-state index is 13.4. The number of amides is 2. The molecule has 3 aromatic rings. The van der Waals surface area contributed by atoms with Crippen molar-refractivity contribution in [2.75, 3.05) is 25.0 Å². The number of aryl methyl sites for hydroxylation is 1. The molecule has 1 fully saturated rings. The van der Waals surface area contributed by atoms with Crippen LogP contribution in [-0.2, 0) is 9.53 Å². The highest BCUT2D eigenvalue weighted by Gasteiger charge is 2.26. The van der Waals surface area contributed by atoms with Crippen molar-refractivity contribution in [2.45, 2.75) is 32.8 Å². The van der Waals surface area contributed by atoms with Crippen LogP contribution in [0.1, 0.15) is 34.3 Å². The van der Waals surface area contributed by atoms with Gasteiger partial charge in [-0.1, -0.05) is 29.8 Å². The molecule has 172 valence electrons. The molecule has 2 heterocycles. The SMILES string of the molecule is Cc1cccc(NC(=O)CN(CC2CCCO2)C(=O)c2cnn(-c3cccc(Cl)c3)c2)c1C. The fourth-order valence-electron chi connectivity index (χ4n) is 3.88. The third-order valence-electron chi connectivity index (χ3n) is 5.85. The van der Waals surface area contributed by atoms with Crippen molar-refractivity contribution in [3.63, 3.8) is 0 Å². The van der Waals surface area contributed by atoms with E-state index in [9.17, 15) is 9.59 Å². The zero-order valence-corrected chi connectivity index (χ0v) is 19.5. The van der Waals surface area contributed by atoms with E-state index in [1.54, 1.807) is 23.0 Å². The van der Waals surface area contributed by atoms with Crippen molar-refractivity contribution in [1.29, 1.82) is 0 Å². The Balaban J connectivity index is 1.52. The first kappa shape index (κ1) is 23.0. The van der Waals surface area contributed by atoms with Crippen molar-refractivity contribution < 1.29 is 14.3 Å². The molecule has 1 unspecified atom stereocenters. The Morgan fingerprint density at radius 3 is 2.82 bits per heavy atom. The molecule has 1 aliphatic heterocycles. The number of ether oxygens (including phenoxy) is 1. The van der Waals surface area contributed by atoms with Gasteiger partial charge in [0.1, 0.15) is 6.54 Å². The second kappa shape index (κ2) is 10.2. The average Bonchev–Trinajstić information content (AvgIpc) is 3.48. The largest absolute Gasteiger partial charge is 0.376 e. The van der Waals surface area contributed by atoms with Crippen molar-refractivity contribution in [2.24, 2.45) is 0 Å². The second-order valence-corrected chi connectivity index (χ2v) is 8.71. The molecule has 4 rings (SSSR count). The number of rotatable bonds is 7. The number of benzene rings is 2. The minimum absolute atomic E-state index is 0.0750. The first-order chi connectivity index (χ1) is 15.9. The predicted octanol–water partition coefficient (Wildman–Crippen LogP) is 4.40. The summed E-state index contributed by atoms with van der Waals surface area (Å²) < 4.78 is 7.33. The number of nitrogens with one attached hydrogen (secondary N) is 1. The van der Waals surface area contributed by atoms with Gasteiger partial charge in [0, 0.05) is 30.1 Å². The Hall–Kier alpha value is -3.16. The molecule has 7 nitrogen and oxygen atoms in total. The number of halogens is 1. The highest BCUT2D eigenvalue weighted by atomic mass is 35.5. The van der Waals surface area contributed by atoms with Crippen molar-refractivity contribution in [1.82, 2.24) is 14.7 Å². The lowest BCUT2D eigenvalue weighted by atomic mass is 10.1. The van der Waals surface area contributed by atoms with E-state index in [1.165, 1.54) is 11.1 Å². The Kier molecular flexibility index (Phi) is 7.11. The van der Waals surface area contributed by atoms with Crippen LogP contribution in [0.2, 0.25) is 5.02 Å². The molecule has 1 aliphatic rings. The predicted molar refractivity (Wildman–Crippen MR) is 128 cm³/mol. The van der Waals surface area contributed by atoms with Gasteiger partial charge < -0.3 is 15.0 Å². The molecule has 1 aromatic heterocycles. The zero-order valence-electron chi connectivity index (χ0n) is 18.8. The molecule has 0 aliphatic carbocycles. The van der Waals surface area contributed by atoms with Crippen LogP contribution in [0.5, 0.6) is 0 Å². The van der Waals surface area contributed by atoms with Crippen LogP contribution in [0.4, 0.5) is 5.69 Å². The average molecular weight is 467 g/mol. The Bertz CT molecular complexity index is 1150. The second-order valence-electron chi connectivity index (χ2n) is 8.27. The summed E-state index contributed by atoms with van der Waals surface area (Å²) in [5, 5.41) is 7.83. The molecule has 1 N–H and O–H groups in total. The standard InChI is InChI=1S/C25H27ClN4O3/c1-17-6-3-10-23(18(17)2)28-24(31)16-29(15-22-9-5-11-33-22)25(32)19-13-27-30(14-19)21-8-4-7-20(26)12-21/h3-4,6-8,10,12-14,22H,5,9,11,15-16H2,1-2H3,(H,28,31). The number of hydrogen-bond donors (Lipinski definition) is 1. The normalized spacial score (nSPS) is 15.4. The molecule has 2 amide bonds. The fraction of sp³-hybridized carbons (Fsp3) is 0.320. The molecule has 33 heavy (non-hydrogen) atoms. The van der Waals surface area contributed by atoms with E-state index >= 15 is 0 Å². The van der Waals surface area contributed by atoms with Crippen LogP contribution in [0, 0.1) is 13.8 Å². The lowest BCUT2D eigenvalue weighted by Gasteiger charge is -2.24. The van der Waals surface area contributed by atoms with Gasteiger partial charge in [-0.2, -0.15) is 5.10 Å². The van der Waals surface area contributed by atoms with Crippen LogP contribution in [-0.4, -0.2) is 52.3 Å². The van der Waals surface area contributed by atoms with Gasteiger partial charge in [0.2, 0.25) is 5.91 Å². The summed E-state index contributed by atoms with van der Waals surface area (Å²) in [6.45, 7) is 4.91. The van der Waals surface area contributed by atoms with E-state index in [4.69, 9.17) is 16.3 Å². The molecule has 0 bridgehead atoms. The van der Waals surface area contributed by atoms with Gasteiger partial charge in [-0.05, 0) is 62.1 Å². The summed E-state index contributed by atoms with van der Waals surface area (Å²) in [5.74, 6) is -0.521. The van der Waals surface area contributed by atoms with E-state index in [0.717, 1.165) is 35.3 Å². The van der Waals surface area contributed by atoms with E-state index in [0.29, 0.717) is 23.7 Å². The lowest BCUT2D eigenvalue weighted by Crippen LogP contribution is -2.42. The number of anilines is 1. The van der Waals surface area contributed by atoms with Crippen LogP contribution in [0.3, 0.4) is 0 Å². The monoisotopic (exact) mass is 466 g/mol. The first-order valence-electron chi connectivity index (χ1n) is 11.0. The maximum atomic E-state index is 13.4. The number of hydrogen-bond acceptors (Lipinski definition) is 4. The highest BCUT2D eigenvalue weighted by Crippen LogP contribution is 2.20. The Morgan fingerprint density at radius 1 is 1.24 bits per heavy atom. The Labute approximate surface area is 198 Å². The quantitative estimate of drug-likeness (QED) is 0.559. The van der Waals surface area contributed by atoms with E-state index in [1.807, 2.05) is 44.2 Å². The van der Waals surface area contributed by atoms with Crippen LogP contribution in [0.15, 0.2) is 54.9 Å². The topological polar surface area (TPSA) is 76.5 Å². The molecule has 2 aromatic carbocycles. The van der Waals surface area contributed by atoms with Crippen LogP contribution >= 0.6 is 11.6 Å². The zero-order chi connectivity index (χ0) is 23.4. The van der Waals surface area contributed by atoms with Crippen molar-refractivity contribution in [3.05, 3.63) is 76.6 Å².